The summed E-state index contributed by atoms with van der Waals surface area (Å²) in [5.74, 6) is -0.659. The molecule has 5 heteroatoms. The van der Waals surface area contributed by atoms with Gasteiger partial charge in [0, 0.05) is 18.5 Å². The number of hydrogen-bond donors (Lipinski definition) is 1. The molecule has 1 fully saturated rings. The molecule has 1 aliphatic heterocycles. The molecule has 2 aromatic rings. The topological polar surface area (TPSA) is 23.5 Å². The average Bonchev–Trinajstić information content (AvgIpc) is 2.61. The summed E-state index contributed by atoms with van der Waals surface area (Å²) in [7, 11) is 0. The third-order valence-corrected chi connectivity index (χ3v) is 5.26. The molecule has 0 saturated carbocycles. The fraction of sp³-hybridized carbons (Fsp3) is 0.400. The lowest BCUT2D eigenvalue weighted by atomic mass is 9.75. The van der Waals surface area contributed by atoms with Gasteiger partial charge in [0.15, 0.2) is 0 Å². The molecule has 0 radical (unpaired) electrons. The second kappa shape index (κ2) is 7.81. The first-order valence-electron chi connectivity index (χ1n) is 8.51. The highest BCUT2D eigenvalue weighted by molar-refractivity contribution is 6.30. The summed E-state index contributed by atoms with van der Waals surface area (Å²) in [5.41, 5.74) is 1.65. The second-order valence-electron chi connectivity index (χ2n) is 7.02. The number of halogens is 3. The minimum Gasteiger partial charge on any atom is -0.396 e. The van der Waals surface area contributed by atoms with Gasteiger partial charge in [-0.15, -0.1) is 0 Å². The fourth-order valence-corrected chi connectivity index (χ4v) is 3.82. The van der Waals surface area contributed by atoms with Gasteiger partial charge in [-0.25, -0.2) is 8.78 Å². The van der Waals surface area contributed by atoms with Crippen LogP contribution in [0.5, 0.6) is 0 Å². The zero-order chi connectivity index (χ0) is 17.9. The summed E-state index contributed by atoms with van der Waals surface area (Å²) in [5, 5.41) is 10.2. The van der Waals surface area contributed by atoms with Crippen LogP contribution in [0.25, 0.3) is 0 Å². The quantitative estimate of drug-likeness (QED) is 0.847. The van der Waals surface area contributed by atoms with Crippen LogP contribution in [0, 0.1) is 17.0 Å². The smallest absolute Gasteiger partial charge is 0.142 e. The van der Waals surface area contributed by atoms with Crippen molar-refractivity contribution in [2.75, 3.05) is 19.7 Å². The monoisotopic (exact) mass is 365 g/mol. The maximum absolute atomic E-state index is 13.7. The van der Waals surface area contributed by atoms with E-state index in [1.807, 2.05) is 6.07 Å². The highest BCUT2D eigenvalue weighted by atomic mass is 35.5. The third-order valence-electron chi connectivity index (χ3n) is 4.96. The van der Waals surface area contributed by atoms with E-state index >= 15 is 0 Å². The van der Waals surface area contributed by atoms with Crippen molar-refractivity contribution in [1.82, 2.24) is 4.90 Å². The number of hydrogen-bond acceptors (Lipinski definition) is 2. The molecule has 1 unspecified atom stereocenters. The van der Waals surface area contributed by atoms with Crippen molar-refractivity contribution in [1.29, 1.82) is 0 Å². The summed E-state index contributed by atoms with van der Waals surface area (Å²) in [6.45, 7) is 2.34. The van der Waals surface area contributed by atoms with Crippen LogP contribution < -0.4 is 0 Å². The van der Waals surface area contributed by atoms with E-state index in [4.69, 9.17) is 11.6 Å². The molecule has 25 heavy (non-hydrogen) atoms. The van der Waals surface area contributed by atoms with Crippen LogP contribution in [0.15, 0.2) is 42.5 Å². The molecule has 1 N–H and O–H groups in total. The Bertz CT molecular complexity index is 722. The lowest BCUT2D eigenvalue weighted by Crippen LogP contribution is -2.46. The molecule has 1 saturated heterocycles. The first-order valence-corrected chi connectivity index (χ1v) is 8.89. The first kappa shape index (κ1) is 18.3. The lowest BCUT2D eigenvalue weighted by Gasteiger charge is -2.42. The van der Waals surface area contributed by atoms with Gasteiger partial charge in [0.2, 0.25) is 0 Å². The standard InChI is InChI=1S/C20H22ClF2NO/c21-18-7-4-16(10-19(18)23)12-24-9-1-8-20(13-24,14-25)11-15-2-5-17(22)6-3-15/h2-7,10,25H,1,8-9,11-14H2. The molecular weight excluding hydrogens is 344 g/mol. The first-order chi connectivity index (χ1) is 12.0. The predicted molar refractivity (Wildman–Crippen MR) is 95.5 cm³/mol. The summed E-state index contributed by atoms with van der Waals surface area (Å²) < 4.78 is 26.8. The normalized spacial score (nSPS) is 21.4. The van der Waals surface area contributed by atoms with Gasteiger partial charge < -0.3 is 5.11 Å². The predicted octanol–water partition coefficient (Wildman–Crippen LogP) is 4.44. The third kappa shape index (κ3) is 4.57. The number of aliphatic hydroxyl groups excluding tert-OH is 1. The van der Waals surface area contributed by atoms with Crippen LogP contribution in [0.4, 0.5) is 8.78 Å². The molecule has 0 aliphatic carbocycles. The lowest BCUT2D eigenvalue weighted by molar-refractivity contribution is 0.0288. The maximum atomic E-state index is 13.7. The van der Waals surface area contributed by atoms with Crippen LogP contribution in [0.1, 0.15) is 24.0 Å². The highest BCUT2D eigenvalue weighted by Gasteiger charge is 2.35. The van der Waals surface area contributed by atoms with Gasteiger partial charge in [0.05, 0.1) is 11.6 Å². The van der Waals surface area contributed by atoms with E-state index in [0.29, 0.717) is 13.0 Å². The van der Waals surface area contributed by atoms with Crippen molar-refractivity contribution in [3.05, 3.63) is 70.2 Å². The van der Waals surface area contributed by atoms with Gasteiger partial charge >= 0.3 is 0 Å². The fourth-order valence-electron chi connectivity index (χ4n) is 3.71. The Morgan fingerprint density at radius 1 is 1.08 bits per heavy atom. The zero-order valence-corrected chi connectivity index (χ0v) is 14.8. The number of nitrogens with zero attached hydrogens (tertiary/aromatic N) is 1. The van der Waals surface area contributed by atoms with Crippen molar-refractivity contribution in [2.45, 2.75) is 25.8 Å². The summed E-state index contributed by atoms with van der Waals surface area (Å²) in [6, 6.07) is 11.3. The van der Waals surface area contributed by atoms with Crippen LogP contribution in [-0.2, 0) is 13.0 Å². The molecule has 0 spiro atoms. The molecule has 2 nitrogen and oxygen atoms in total. The van der Waals surface area contributed by atoms with Crippen molar-refractivity contribution in [3.8, 4) is 0 Å². The summed E-state index contributed by atoms with van der Waals surface area (Å²) in [4.78, 5) is 2.24. The molecular formula is C20H22ClF2NO. The molecule has 0 bridgehead atoms. The van der Waals surface area contributed by atoms with E-state index in [-0.39, 0.29) is 22.9 Å². The number of benzene rings is 2. The van der Waals surface area contributed by atoms with Gasteiger partial charge in [-0.3, -0.25) is 4.90 Å². The Hall–Kier alpha value is -1.49. The average molecular weight is 366 g/mol. The Morgan fingerprint density at radius 2 is 1.80 bits per heavy atom. The van der Waals surface area contributed by atoms with Crippen molar-refractivity contribution in [3.63, 3.8) is 0 Å². The van der Waals surface area contributed by atoms with Gasteiger partial charge in [-0.2, -0.15) is 0 Å². The van der Waals surface area contributed by atoms with Gasteiger partial charge in [-0.1, -0.05) is 29.8 Å². The maximum Gasteiger partial charge on any atom is 0.142 e. The Labute approximate surface area is 152 Å². The van der Waals surface area contributed by atoms with E-state index in [0.717, 1.165) is 37.1 Å². The van der Waals surface area contributed by atoms with Gasteiger partial charge in [0.25, 0.3) is 0 Å². The van der Waals surface area contributed by atoms with Crippen molar-refractivity contribution in [2.24, 2.45) is 5.41 Å². The molecule has 1 aliphatic rings. The Morgan fingerprint density at radius 3 is 2.48 bits per heavy atom. The van der Waals surface area contributed by atoms with E-state index in [1.165, 1.54) is 18.2 Å². The summed E-state index contributed by atoms with van der Waals surface area (Å²) >= 11 is 5.74. The molecule has 3 rings (SSSR count). The zero-order valence-electron chi connectivity index (χ0n) is 14.0. The van der Waals surface area contributed by atoms with Crippen LogP contribution >= 0.6 is 11.6 Å². The van der Waals surface area contributed by atoms with Crippen molar-refractivity contribution < 1.29 is 13.9 Å². The molecule has 2 aromatic carbocycles. The number of piperidine rings is 1. The second-order valence-corrected chi connectivity index (χ2v) is 7.43. The Balaban J connectivity index is 1.71. The Kier molecular flexibility index (Phi) is 5.72. The van der Waals surface area contributed by atoms with Gasteiger partial charge in [0.1, 0.15) is 11.6 Å². The van der Waals surface area contributed by atoms with Crippen LogP contribution in [-0.4, -0.2) is 29.7 Å². The van der Waals surface area contributed by atoms with E-state index in [9.17, 15) is 13.9 Å². The highest BCUT2D eigenvalue weighted by Crippen LogP contribution is 2.34. The van der Waals surface area contributed by atoms with Crippen molar-refractivity contribution >= 4 is 11.6 Å². The van der Waals surface area contributed by atoms with E-state index in [2.05, 4.69) is 4.90 Å². The van der Waals surface area contributed by atoms with Crippen LogP contribution in [0.3, 0.4) is 0 Å². The number of likely N-dealkylation sites (tertiary alicyclic amines) is 1. The molecule has 1 atom stereocenters. The number of aliphatic hydroxyl groups is 1. The molecule has 1 heterocycles. The van der Waals surface area contributed by atoms with Gasteiger partial charge in [-0.05, 0) is 61.2 Å². The summed E-state index contributed by atoms with van der Waals surface area (Å²) in [6.07, 6.45) is 2.60. The SMILES string of the molecule is OCC1(Cc2ccc(F)cc2)CCCN(Cc2ccc(Cl)c(F)c2)C1. The molecule has 0 amide bonds. The number of rotatable bonds is 5. The largest absolute Gasteiger partial charge is 0.396 e. The molecule has 134 valence electrons. The molecule has 0 aromatic heterocycles. The van der Waals surface area contributed by atoms with E-state index < -0.39 is 5.82 Å². The van der Waals surface area contributed by atoms with Crippen LogP contribution in [0.2, 0.25) is 5.02 Å². The minimum atomic E-state index is -0.407. The van der Waals surface area contributed by atoms with E-state index in [1.54, 1.807) is 18.2 Å². The minimum absolute atomic E-state index is 0.0792.